The summed E-state index contributed by atoms with van der Waals surface area (Å²) in [6.45, 7) is 4.93. The SMILES string of the molecule is CCCNC(C)c1ccc(OC2CCS(=O)(=O)C2)c(F)c1. The quantitative estimate of drug-likeness (QED) is 0.876. The number of ether oxygens (including phenoxy) is 1. The van der Waals surface area contributed by atoms with Gasteiger partial charge in [0, 0.05) is 6.04 Å². The minimum Gasteiger partial charge on any atom is -0.486 e. The molecule has 0 bridgehead atoms. The van der Waals surface area contributed by atoms with Crippen molar-refractivity contribution in [3.63, 3.8) is 0 Å². The molecule has 2 rings (SSSR count). The van der Waals surface area contributed by atoms with Crippen LogP contribution in [0.25, 0.3) is 0 Å². The Morgan fingerprint density at radius 2 is 2.24 bits per heavy atom. The first-order valence-corrected chi connectivity index (χ1v) is 9.13. The van der Waals surface area contributed by atoms with Gasteiger partial charge in [0.05, 0.1) is 11.5 Å². The first-order chi connectivity index (χ1) is 9.91. The summed E-state index contributed by atoms with van der Waals surface area (Å²) in [5, 5.41) is 3.29. The van der Waals surface area contributed by atoms with Crippen molar-refractivity contribution in [2.75, 3.05) is 18.1 Å². The Morgan fingerprint density at radius 3 is 2.81 bits per heavy atom. The van der Waals surface area contributed by atoms with E-state index in [0.717, 1.165) is 18.5 Å². The van der Waals surface area contributed by atoms with Gasteiger partial charge in [0.1, 0.15) is 6.10 Å². The van der Waals surface area contributed by atoms with Crippen LogP contribution in [0.5, 0.6) is 5.75 Å². The minimum atomic E-state index is -3.02. The first-order valence-electron chi connectivity index (χ1n) is 7.31. The van der Waals surface area contributed by atoms with Crippen LogP contribution in [0.1, 0.15) is 38.3 Å². The zero-order chi connectivity index (χ0) is 15.5. The third-order valence-corrected chi connectivity index (χ3v) is 5.38. The van der Waals surface area contributed by atoms with Gasteiger partial charge in [-0.3, -0.25) is 0 Å². The van der Waals surface area contributed by atoms with E-state index in [0.29, 0.717) is 6.42 Å². The van der Waals surface area contributed by atoms with Gasteiger partial charge in [0.25, 0.3) is 0 Å². The molecule has 2 unspecified atom stereocenters. The highest BCUT2D eigenvalue weighted by Crippen LogP contribution is 2.25. The molecule has 0 aromatic heterocycles. The van der Waals surface area contributed by atoms with E-state index >= 15 is 0 Å². The van der Waals surface area contributed by atoms with E-state index in [4.69, 9.17) is 4.74 Å². The first kappa shape index (κ1) is 16.2. The lowest BCUT2D eigenvalue weighted by molar-refractivity contribution is 0.218. The number of hydrogen-bond acceptors (Lipinski definition) is 4. The summed E-state index contributed by atoms with van der Waals surface area (Å²) in [7, 11) is -3.02. The molecule has 1 aliphatic heterocycles. The average molecular weight is 315 g/mol. The summed E-state index contributed by atoms with van der Waals surface area (Å²) in [6.07, 6.45) is 1.01. The Morgan fingerprint density at radius 1 is 1.48 bits per heavy atom. The van der Waals surface area contributed by atoms with E-state index in [1.54, 1.807) is 6.07 Å². The summed E-state index contributed by atoms with van der Waals surface area (Å²) < 4.78 is 42.3. The third kappa shape index (κ3) is 4.41. The predicted molar refractivity (Wildman–Crippen MR) is 80.8 cm³/mol. The number of rotatable bonds is 6. The Hall–Kier alpha value is -1.14. The fourth-order valence-electron chi connectivity index (χ4n) is 2.39. The molecular formula is C15H22FNO3S. The Balaban J connectivity index is 2.02. The van der Waals surface area contributed by atoms with Gasteiger partial charge >= 0.3 is 0 Å². The summed E-state index contributed by atoms with van der Waals surface area (Å²) in [5.41, 5.74) is 0.854. The highest BCUT2D eigenvalue weighted by atomic mass is 32.2. The van der Waals surface area contributed by atoms with Gasteiger partial charge in [-0.15, -0.1) is 0 Å². The molecule has 4 nitrogen and oxygen atoms in total. The van der Waals surface area contributed by atoms with Crippen molar-refractivity contribution in [1.29, 1.82) is 0 Å². The number of benzene rings is 1. The van der Waals surface area contributed by atoms with Crippen LogP contribution in [0.15, 0.2) is 18.2 Å². The van der Waals surface area contributed by atoms with Gasteiger partial charge in [-0.25, -0.2) is 12.8 Å². The third-order valence-electron chi connectivity index (χ3n) is 3.64. The van der Waals surface area contributed by atoms with Crippen LogP contribution in [-0.2, 0) is 9.84 Å². The van der Waals surface area contributed by atoms with Crippen LogP contribution in [0.3, 0.4) is 0 Å². The Kier molecular flexibility index (Phi) is 5.22. The molecule has 0 aliphatic carbocycles. The molecule has 0 amide bonds. The van der Waals surface area contributed by atoms with Gasteiger partial charge < -0.3 is 10.1 Å². The lowest BCUT2D eigenvalue weighted by Gasteiger charge is -2.16. The van der Waals surface area contributed by atoms with Crippen molar-refractivity contribution in [1.82, 2.24) is 5.32 Å². The number of sulfone groups is 1. The molecule has 0 radical (unpaired) electrons. The lowest BCUT2D eigenvalue weighted by Crippen LogP contribution is -2.20. The molecular weight excluding hydrogens is 293 g/mol. The monoisotopic (exact) mass is 315 g/mol. The summed E-state index contributed by atoms with van der Waals surface area (Å²) in [4.78, 5) is 0. The maximum absolute atomic E-state index is 14.1. The second kappa shape index (κ2) is 6.75. The van der Waals surface area contributed by atoms with E-state index in [1.165, 1.54) is 6.07 Å². The molecule has 0 saturated carbocycles. The minimum absolute atomic E-state index is 0.0251. The van der Waals surface area contributed by atoms with E-state index in [2.05, 4.69) is 12.2 Å². The van der Waals surface area contributed by atoms with Crippen LogP contribution in [-0.4, -0.2) is 32.6 Å². The fourth-order valence-corrected chi connectivity index (χ4v) is 3.98. The number of halogens is 1. The fraction of sp³-hybridized carbons (Fsp3) is 0.600. The van der Waals surface area contributed by atoms with Crippen LogP contribution < -0.4 is 10.1 Å². The van der Waals surface area contributed by atoms with E-state index in [9.17, 15) is 12.8 Å². The topological polar surface area (TPSA) is 55.4 Å². The molecule has 21 heavy (non-hydrogen) atoms. The second-order valence-electron chi connectivity index (χ2n) is 5.51. The molecule has 1 heterocycles. The highest BCUT2D eigenvalue weighted by molar-refractivity contribution is 7.91. The number of nitrogens with one attached hydrogen (secondary N) is 1. The smallest absolute Gasteiger partial charge is 0.165 e. The summed E-state index contributed by atoms with van der Waals surface area (Å²) in [6, 6.07) is 4.92. The van der Waals surface area contributed by atoms with E-state index in [-0.39, 0.29) is 23.3 Å². The summed E-state index contributed by atoms with van der Waals surface area (Å²) in [5.74, 6) is -0.219. The molecule has 1 N–H and O–H groups in total. The highest BCUT2D eigenvalue weighted by Gasteiger charge is 2.30. The molecule has 118 valence electrons. The van der Waals surface area contributed by atoms with Gasteiger partial charge in [-0.05, 0) is 44.0 Å². The average Bonchev–Trinajstić information content (AvgIpc) is 2.77. The molecule has 2 atom stereocenters. The number of hydrogen-bond donors (Lipinski definition) is 1. The zero-order valence-corrected chi connectivity index (χ0v) is 13.2. The second-order valence-corrected chi connectivity index (χ2v) is 7.74. The van der Waals surface area contributed by atoms with Gasteiger partial charge in [-0.1, -0.05) is 13.0 Å². The van der Waals surface area contributed by atoms with Crippen molar-refractivity contribution in [2.45, 2.75) is 38.8 Å². The predicted octanol–water partition coefficient (Wildman–Crippen LogP) is 2.45. The van der Waals surface area contributed by atoms with E-state index in [1.807, 2.05) is 13.0 Å². The molecule has 1 fully saturated rings. The van der Waals surface area contributed by atoms with Gasteiger partial charge in [-0.2, -0.15) is 0 Å². The van der Waals surface area contributed by atoms with Crippen molar-refractivity contribution in [3.8, 4) is 5.75 Å². The van der Waals surface area contributed by atoms with Gasteiger partial charge in [0.15, 0.2) is 21.4 Å². The molecule has 1 aromatic rings. The van der Waals surface area contributed by atoms with Crippen molar-refractivity contribution in [2.24, 2.45) is 0 Å². The van der Waals surface area contributed by atoms with E-state index < -0.39 is 21.8 Å². The zero-order valence-electron chi connectivity index (χ0n) is 12.4. The molecule has 1 aliphatic rings. The summed E-state index contributed by atoms with van der Waals surface area (Å²) >= 11 is 0. The van der Waals surface area contributed by atoms with Crippen molar-refractivity contribution in [3.05, 3.63) is 29.6 Å². The molecule has 6 heteroatoms. The lowest BCUT2D eigenvalue weighted by atomic mass is 10.1. The Bertz CT molecular complexity index is 589. The maximum Gasteiger partial charge on any atom is 0.165 e. The standard InChI is InChI=1S/C15H22FNO3S/c1-3-7-17-11(2)12-4-5-15(14(16)9-12)20-13-6-8-21(18,19)10-13/h4-5,9,11,13,17H,3,6-8,10H2,1-2H3. The largest absolute Gasteiger partial charge is 0.486 e. The maximum atomic E-state index is 14.1. The molecule has 1 aromatic carbocycles. The Labute approximate surface area is 125 Å². The van der Waals surface area contributed by atoms with Crippen molar-refractivity contribution < 1.29 is 17.5 Å². The molecule has 0 spiro atoms. The van der Waals surface area contributed by atoms with Crippen LogP contribution in [0.2, 0.25) is 0 Å². The molecule has 1 saturated heterocycles. The van der Waals surface area contributed by atoms with Gasteiger partial charge in [0.2, 0.25) is 0 Å². The van der Waals surface area contributed by atoms with Crippen LogP contribution in [0.4, 0.5) is 4.39 Å². The normalized spacial score (nSPS) is 22.1. The van der Waals surface area contributed by atoms with Crippen molar-refractivity contribution >= 4 is 9.84 Å². The van der Waals surface area contributed by atoms with Crippen LogP contribution >= 0.6 is 0 Å². The van der Waals surface area contributed by atoms with Crippen LogP contribution in [0, 0.1) is 5.82 Å².